The van der Waals surface area contributed by atoms with Gasteiger partial charge in [-0.2, -0.15) is 4.99 Å². The Hall–Kier alpha value is -2.33. The monoisotopic (exact) mass is 290 g/mol. The molecule has 1 fully saturated rings. The van der Waals surface area contributed by atoms with Crippen LogP contribution in [0.3, 0.4) is 0 Å². The van der Waals surface area contributed by atoms with Gasteiger partial charge >= 0.3 is 6.09 Å². The number of hydrogen-bond acceptors (Lipinski definition) is 5. The van der Waals surface area contributed by atoms with Crippen LogP contribution in [0, 0.1) is 0 Å². The highest BCUT2D eigenvalue weighted by Crippen LogP contribution is 2.50. The number of ether oxygens (including phenoxy) is 1. The first kappa shape index (κ1) is 15.1. The number of aliphatic imine (C=N–C) groups is 1. The van der Waals surface area contributed by atoms with E-state index in [0.717, 1.165) is 18.4 Å². The summed E-state index contributed by atoms with van der Waals surface area (Å²) < 4.78 is 5.14. The normalized spacial score (nSPS) is 15.8. The summed E-state index contributed by atoms with van der Waals surface area (Å²) >= 11 is 0. The third-order valence-corrected chi connectivity index (χ3v) is 3.15. The standard InChI is InChI=1S/C15H18N2O4/c1-14(2,3)21-13(20)17-11-8-10(4-5-12(11)19)15(6-7-15)16-9-18/h4-5,8,19H,6-7H2,1-3H3,(H,17,20). The van der Waals surface area contributed by atoms with Gasteiger partial charge in [-0.3, -0.25) is 5.32 Å². The van der Waals surface area contributed by atoms with Crippen LogP contribution >= 0.6 is 0 Å². The number of hydrogen-bond donors (Lipinski definition) is 2. The maximum atomic E-state index is 11.8. The van der Waals surface area contributed by atoms with E-state index in [2.05, 4.69) is 10.3 Å². The molecule has 21 heavy (non-hydrogen) atoms. The molecule has 0 spiro atoms. The second-order valence-corrected chi connectivity index (χ2v) is 6.09. The third kappa shape index (κ3) is 3.61. The second-order valence-electron chi connectivity index (χ2n) is 6.09. The zero-order valence-electron chi connectivity index (χ0n) is 12.3. The molecule has 112 valence electrons. The minimum atomic E-state index is -0.654. The van der Waals surface area contributed by atoms with Crippen LogP contribution < -0.4 is 5.32 Å². The Bertz CT molecular complexity index is 609. The number of phenolic OH excluding ortho intramolecular Hbond substituents is 1. The average Bonchev–Trinajstić information content (AvgIpc) is 3.11. The number of benzene rings is 1. The Morgan fingerprint density at radius 1 is 1.43 bits per heavy atom. The number of rotatable bonds is 3. The van der Waals surface area contributed by atoms with Crippen LogP contribution in [0.15, 0.2) is 23.2 Å². The van der Waals surface area contributed by atoms with Crippen molar-refractivity contribution < 1.29 is 19.4 Å². The van der Waals surface area contributed by atoms with Crippen LogP contribution in [0.1, 0.15) is 39.2 Å². The lowest BCUT2D eigenvalue weighted by atomic mass is 10.0. The van der Waals surface area contributed by atoms with Crippen molar-refractivity contribution in [1.29, 1.82) is 0 Å². The van der Waals surface area contributed by atoms with Crippen molar-refractivity contribution in [3.8, 4) is 5.75 Å². The van der Waals surface area contributed by atoms with E-state index in [1.807, 2.05) is 0 Å². The molecule has 0 radical (unpaired) electrons. The summed E-state index contributed by atoms with van der Waals surface area (Å²) in [5.41, 5.74) is -0.194. The number of amides is 1. The molecule has 0 bridgehead atoms. The van der Waals surface area contributed by atoms with Crippen molar-refractivity contribution in [2.75, 3.05) is 5.32 Å². The molecule has 0 aliphatic heterocycles. The summed E-state index contributed by atoms with van der Waals surface area (Å²) in [6, 6.07) is 4.75. The topological polar surface area (TPSA) is 88.0 Å². The molecular weight excluding hydrogens is 272 g/mol. The van der Waals surface area contributed by atoms with Gasteiger partial charge in [0.25, 0.3) is 0 Å². The van der Waals surface area contributed by atoms with Crippen molar-refractivity contribution in [1.82, 2.24) is 0 Å². The van der Waals surface area contributed by atoms with Gasteiger partial charge in [0.1, 0.15) is 11.4 Å². The fourth-order valence-electron chi connectivity index (χ4n) is 2.01. The van der Waals surface area contributed by atoms with Crippen LogP contribution in [0.5, 0.6) is 5.75 Å². The quantitative estimate of drug-likeness (QED) is 0.508. The van der Waals surface area contributed by atoms with Crippen molar-refractivity contribution in [2.45, 2.75) is 44.8 Å². The molecule has 0 unspecified atom stereocenters. The molecule has 0 atom stereocenters. The molecule has 1 amide bonds. The van der Waals surface area contributed by atoms with E-state index < -0.39 is 17.2 Å². The van der Waals surface area contributed by atoms with E-state index >= 15 is 0 Å². The van der Waals surface area contributed by atoms with Gasteiger partial charge in [0.2, 0.25) is 6.08 Å². The van der Waals surface area contributed by atoms with Crippen LogP contribution in [0.2, 0.25) is 0 Å². The summed E-state index contributed by atoms with van der Waals surface area (Å²) in [7, 11) is 0. The third-order valence-electron chi connectivity index (χ3n) is 3.15. The van der Waals surface area contributed by atoms with Crippen molar-refractivity contribution >= 4 is 17.9 Å². The number of aromatic hydroxyl groups is 1. The number of anilines is 1. The van der Waals surface area contributed by atoms with E-state index in [0.29, 0.717) is 0 Å². The summed E-state index contributed by atoms with van der Waals surface area (Å²) in [5, 5.41) is 12.3. The molecule has 0 heterocycles. The Labute approximate surface area is 122 Å². The van der Waals surface area contributed by atoms with E-state index in [4.69, 9.17) is 4.74 Å². The highest BCUT2D eigenvalue weighted by molar-refractivity contribution is 5.87. The Morgan fingerprint density at radius 3 is 2.62 bits per heavy atom. The first-order chi connectivity index (χ1) is 9.76. The molecule has 1 saturated carbocycles. The molecule has 6 nitrogen and oxygen atoms in total. The number of nitrogens with zero attached hydrogens (tertiary/aromatic N) is 1. The molecule has 0 aromatic heterocycles. The zero-order chi connectivity index (χ0) is 15.7. The number of carbonyl (C=O) groups excluding carboxylic acids is 2. The average molecular weight is 290 g/mol. The van der Waals surface area contributed by atoms with Gasteiger partial charge in [0.05, 0.1) is 11.2 Å². The van der Waals surface area contributed by atoms with Crippen molar-refractivity contribution in [3.63, 3.8) is 0 Å². The molecule has 2 rings (SSSR count). The molecular formula is C15H18N2O4. The smallest absolute Gasteiger partial charge is 0.412 e. The molecule has 2 N–H and O–H groups in total. The maximum absolute atomic E-state index is 11.8. The Balaban J connectivity index is 2.21. The minimum absolute atomic E-state index is 0.0736. The maximum Gasteiger partial charge on any atom is 0.412 e. The van der Waals surface area contributed by atoms with E-state index in [1.165, 1.54) is 6.07 Å². The van der Waals surface area contributed by atoms with Gasteiger partial charge in [-0.25, -0.2) is 9.59 Å². The van der Waals surface area contributed by atoms with Gasteiger partial charge in [-0.1, -0.05) is 6.07 Å². The lowest BCUT2D eigenvalue weighted by molar-refractivity contribution is 0.0635. The molecule has 1 aliphatic carbocycles. The van der Waals surface area contributed by atoms with Gasteiger partial charge in [0, 0.05) is 0 Å². The van der Waals surface area contributed by atoms with Crippen molar-refractivity contribution in [2.24, 2.45) is 4.99 Å². The predicted molar refractivity (Wildman–Crippen MR) is 77.0 cm³/mol. The molecule has 1 aromatic carbocycles. The summed E-state index contributed by atoms with van der Waals surface area (Å²) in [6.07, 6.45) is 2.42. The molecule has 0 saturated heterocycles. The summed E-state index contributed by atoms with van der Waals surface area (Å²) in [4.78, 5) is 26.1. The zero-order valence-corrected chi connectivity index (χ0v) is 12.3. The van der Waals surface area contributed by atoms with E-state index in [-0.39, 0.29) is 11.4 Å². The lowest BCUT2D eigenvalue weighted by Crippen LogP contribution is -2.27. The van der Waals surface area contributed by atoms with Gasteiger partial charge in [-0.15, -0.1) is 0 Å². The van der Waals surface area contributed by atoms with E-state index in [9.17, 15) is 14.7 Å². The predicted octanol–water partition coefficient (Wildman–Crippen LogP) is 3.06. The fourth-order valence-corrected chi connectivity index (χ4v) is 2.01. The first-order valence-electron chi connectivity index (χ1n) is 6.68. The number of nitrogens with one attached hydrogen (secondary N) is 1. The summed E-state index contributed by atoms with van der Waals surface area (Å²) in [5.74, 6) is -0.0736. The highest BCUT2D eigenvalue weighted by atomic mass is 16.6. The van der Waals surface area contributed by atoms with Gasteiger partial charge < -0.3 is 9.84 Å². The van der Waals surface area contributed by atoms with Gasteiger partial charge in [-0.05, 0) is 51.3 Å². The SMILES string of the molecule is CC(C)(C)OC(=O)Nc1cc(C2(N=C=O)CC2)ccc1O. The van der Waals surface area contributed by atoms with Crippen LogP contribution in [0.4, 0.5) is 10.5 Å². The number of isocyanates is 1. The van der Waals surface area contributed by atoms with Gasteiger partial charge in [0.15, 0.2) is 0 Å². The van der Waals surface area contributed by atoms with E-state index in [1.54, 1.807) is 39.0 Å². The summed E-state index contributed by atoms with van der Waals surface area (Å²) in [6.45, 7) is 5.25. The van der Waals surface area contributed by atoms with Crippen LogP contribution in [-0.4, -0.2) is 22.9 Å². The van der Waals surface area contributed by atoms with Crippen molar-refractivity contribution in [3.05, 3.63) is 23.8 Å². The molecule has 6 heteroatoms. The highest BCUT2D eigenvalue weighted by Gasteiger charge is 2.45. The number of phenols is 1. The lowest BCUT2D eigenvalue weighted by Gasteiger charge is -2.20. The Morgan fingerprint density at radius 2 is 2.10 bits per heavy atom. The fraction of sp³-hybridized carbons (Fsp3) is 0.467. The number of carbonyl (C=O) groups is 1. The largest absolute Gasteiger partial charge is 0.506 e. The van der Waals surface area contributed by atoms with Crippen LogP contribution in [-0.2, 0) is 15.1 Å². The first-order valence-corrected chi connectivity index (χ1v) is 6.68. The molecule has 1 aliphatic rings. The second kappa shape index (κ2) is 5.22. The van der Waals surface area contributed by atoms with Crippen LogP contribution in [0.25, 0.3) is 0 Å². The minimum Gasteiger partial charge on any atom is -0.506 e. The molecule has 1 aromatic rings. The Kier molecular flexibility index (Phi) is 3.75.